The molecule has 1 atom stereocenters. The zero-order valence-corrected chi connectivity index (χ0v) is 20.4. The summed E-state index contributed by atoms with van der Waals surface area (Å²) in [6.07, 6.45) is 0.927. The maximum Gasteiger partial charge on any atom is 0.297 e. The molecule has 0 N–H and O–H groups in total. The Morgan fingerprint density at radius 3 is 2.82 bits per heavy atom. The summed E-state index contributed by atoms with van der Waals surface area (Å²) < 4.78 is 12.7. The van der Waals surface area contributed by atoms with Gasteiger partial charge in [-0.25, -0.2) is 0 Å². The van der Waals surface area contributed by atoms with E-state index in [2.05, 4.69) is 40.0 Å². The Morgan fingerprint density at radius 1 is 1.21 bits per heavy atom. The van der Waals surface area contributed by atoms with Gasteiger partial charge >= 0.3 is 0 Å². The average Bonchev–Trinajstić information content (AvgIpc) is 3.41. The smallest absolute Gasteiger partial charge is 0.297 e. The molecule has 0 radical (unpaired) electrons. The Bertz CT molecular complexity index is 1400. The lowest BCUT2D eigenvalue weighted by Gasteiger charge is -2.22. The van der Waals surface area contributed by atoms with Gasteiger partial charge in [0.05, 0.1) is 23.6 Å². The number of rotatable bonds is 6. The molecule has 1 unspecified atom stereocenters. The van der Waals surface area contributed by atoms with E-state index >= 15 is 0 Å². The highest BCUT2D eigenvalue weighted by molar-refractivity contribution is 9.10. The van der Waals surface area contributed by atoms with Gasteiger partial charge in [0.1, 0.15) is 16.8 Å². The molecular weight excluding hydrogens is 506 g/mol. The number of carbonyl (C=O) groups is 1. The summed E-state index contributed by atoms with van der Waals surface area (Å²) in [5, 5.41) is 8.80. The standard InChI is InChI=1S/C24H20BrN3O4S/c1-13(2)8-9-31-16-5-3-4-14(10-16)20-19-21(29)17-11-15(25)6-7-18(17)32-22(19)23(30)28(20)24-27-26-12-33-24/h3-7,10-13,20H,8-9H2,1-2H3. The summed E-state index contributed by atoms with van der Waals surface area (Å²) in [4.78, 5) is 28.6. The molecule has 1 aliphatic rings. The molecule has 7 nitrogen and oxygen atoms in total. The first-order chi connectivity index (χ1) is 15.9. The average molecular weight is 526 g/mol. The predicted molar refractivity (Wildman–Crippen MR) is 130 cm³/mol. The SMILES string of the molecule is CC(C)CCOc1cccc(C2c3c(oc4ccc(Br)cc4c3=O)C(=O)N2c2nncs2)c1. The van der Waals surface area contributed by atoms with Gasteiger partial charge in [-0.05, 0) is 48.2 Å². The van der Waals surface area contributed by atoms with Crippen LogP contribution in [0.1, 0.15) is 48.0 Å². The fourth-order valence-corrected chi connectivity index (χ4v) is 4.86. The van der Waals surface area contributed by atoms with E-state index in [1.807, 2.05) is 24.3 Å². The van der Waals surface area contributed by atoms with Crippen LogP contribution in [0.2, 0.25) is 0 Å². The van der Waals surface area contributed by atoms with Gasteiger partial charge in [-0.1, -0.05) is 53.2 Å². The zero-order valence-electron chi connectivity index (χ0n) is 17.9. The van der Waals surface area contributed by atoms with Gasteiger partial charge in [0.2, 0.25) is 10.9 Å². The molecule has 0 fully saturated rings. The first-order valence-corrected chi connectivity index (χ1v) is 12.2. The second kappa shape index (κ2) is 8.72. The van der Waals surface area contributed by atoms with Crippen molar-refractivity contribution in [2.75, 3.05) is 11.5 Å². The molecule has 1 aliphatic heterocycles. The van der Waals surface area contributed by atoms with E-state index in [-0.39, 0.29) is 11.2 Å². The van der Waals surface area contributed by atoms with E-state index in [0.29, 0.717) is 39.9 Å². The number of halogens is 1. The van der Waals surface area contributed by atoms with Gasteiger partial charge in [-0.3, -0.25) is 14.5 Å². The van der Waals surface area contributed by atoms with Crippen LogP contribution in [0.25, 0.3) is 11.0 Å². The number of amides is 1. The molecule has 1 amide bonds. The van der Waals surface area contributed by atoms with Crippen LogP contribution in [0.5, 0.6) is 5.75 Å². The highest BCUT2D eigenvalue weighted by Gasteiger charge is 2.45. The lowest BCUT2D eigenvalue weighted by molar-refractivity contribution is 0.0970. The summed E-state index contributed by atoms with van der Waals surface area (Å²) >= 11 is 4.64. The number of anilines is 1. The molecule has 3 heterocycles. The van der Waals surface area contributed by atoms with E-state index in [4.69, 9.17) is 9.15 Å². The first-order valence-electron chi connectivity index (χ1n) is 10.5. The molecule has 33 heavy (non-hydrogen) atoms. The molecule has 5 rings (SSSR count). The Kier molecular flexibility index (Phi) is 5.76. The number of aromatic nitrogens is 2. The number of hydrogen-bond acceptors (Lipinski definition) is 7. The second-order valence-corrected chi connectivity index (χ2v) is 9.94. The normalized spacial score (nSPS) is 15.5. The van der Waals surface area contributed by atoms with Crippen molar-refractivity contribution >= 4 is 49.3 Å². The zero-order chi connectivity index (χ0) is 23.1. The number of fused-ring (bicyclic) bond motifs is 2. The van der Waals surface area contributed by atoms with E-state index < -0.39 is 11.9 Å². The van der Waals surface area contributed by atoms with Crippen molar-refractivity contribution in [3.8, 4) is 5.75 Å². The summed E-state index contributed by atoms with van der Waals surface area (Å²) in [5.74, 6) is 0.817. The molecule has 2 aromatic carbocycles. The van der Waals surface area contributed by atoms with Crippen molar-refractivity contribution in [1.82, 2.24) is 10.2 Å². The van der Waals surface area contributed by atoms with Crippen molar-refractivity contribution in [2.24, 2.45) is 5.92 Å². The van der Waals surface area contributed by atoms with Crippen LogP contribution in [0.15, 0.2) is 61.7 Å². The predicted octanol–water partition coefficient (Wildman–Crippen LogP) is 5.58. The van der Waals surface area contributed by atoms with Gasteiger partial charge in [-0.15, -0.1) is 10.2 Å². The van der Waals surface area contributed by atoms with Crippen molar-refractivity contribution in [3.63, 3.8) is 0 Å². The molecule has 4 aromatic rings. The third kappa shape index (κ3) is 3.95. The molecule has 2 aromatic heterocycles. The van der Waals surface area contributed by atoms with Crippen molar-refractivity contribution in [1.29, 1.82) is 0 Å². The minimum atomic E-state index is -0.700. The van der Waals surface area contributed by atoms with Gasteiger partial charge < -0.3 is 9.15 Å². The minimum absolute atomic E-state index is 0.0288. The van der Waals surface area contributed by atoms with E-state index in [1.165, 1.54) is 16.2 Å². The highest BCUT2D eigenvalue weighted by atomic mass is 79.9. The Labute approximate surface area is 202 Å². The Hall–Kier alpha value is -3.04. The maximum atomic E-state index is 13.6. The van der Waals surface area contributed by atoms with Crippen LogP contribution >= 0.6 is 27.3 Å². The Balaban J connectivity index is 1.67. The monoisotopic (exact) mass is 525 g/mol. The third-order valence-corrected chi connectivity index (χ3v) is 6.71. The quantitative estimate of drug-likeness (QED) is 0.326. The third-order valence-electron chi connectivity index (χ3n) is 5.52. The molecule has 0 saturated carbocycles. The van der Waals surface area contributed by atoms with Crippen LogP contribution in [0.4, 0.5) is 5.13 Å². The van der Waals surface area contributed by atoms with E-state index in [9.17, 15) is 9.59 Å². The highest BCUT2D eigenvalue weighted by Crippen LogP contribution is 2.42. The molecule has 0 saturated heterocycles. The molecule has 0 bridgehead atoms. The summed E-state index contributed by atoms with van der Waals surface area (Å²) in [6.45, 7) is 4.87. The summed E-state index contributed by atoms with van der Waals surface area (Å²) in [6, 6.07) is 11.9. The van der Waals surface area contributed by atoms with Crippen molar-refractivity contribution in [3.05, 3.63) is 79.6 Å². The topological polar surface area (TPSA) is 85.5 Å². The number of nitrogens with zero attached hydrogens (tertiary/aromatic N) is 3. The van der Waals surface area contributed by atoms with Crippen LogP contribution in [0, 0.1) is 5.92 Å². The van der Waals surface area contributed by atoms with Crippen LogP contribution < -0.4 is 15.1 Å². The fraction of sp³-hybridized carbons (Fsp3) is 0.250. The lowest BCUT2D eigenvalue weighted by atomic mass is 9.98. The van der Waals surface area contributed by atoms with E-state index in [1.54, 1.807) is 23.7 Å². The molecular formula is C24H20BrN3O4S. The van der Waals surface area contributed by atoms with Gasteiger partial charge in [0.15, 0.2) is 5.43 Å². The first kappa shape index (κ1) is 21.8. The molecule has 0 aliphatic carbocycles. The molecule has 0 spiro atoms. The number of benzene rings is 2. The molecule has 9 heteroatoms. The lowest BCUT2D eigenvalue weighted by Crippen LogP contribution is -2.29. The van der Waals surface area contributed by atoms with E-state index in [0.717, 1.165) is 16.5 Å². The van der Waals surface area contributed by atoms with Crippen molar-refractivity contribution < 1.29 is 13.9 Å². The summed E-state index contributed by atoms with van der Waals surface area (Å²) in [5.41, 5.74) is 2.70. The number of ether oxygens (including phenoxy) is 1. The maximum absolute atomic E-state index is 13.6. The largest absolute Gasteiger partial charge is 0.494 e. The van der Waals surface area contributed by atoms with Gasteiger partial charge in [0.25, 0.3) is 5.91 Å². The second-order valence-electron chi connectivity index (χ2n) is 8.22. The number of carbonyl (C=O) groups excluding carboxylic acids is 1. The van der Waals surface area contributed by atoms with Gasteiger partial charge in [-0.2, -0.15) is 0 Å². The summed E-state index contributed by atoms with van der Waals surface area (Å²) in [7, 11) is 0. The number of hydrogen-bond donors (Lipinski definition) is 0. The van der Waals surface area contributed by atoms with Crippen molar-refractivity contribution in [2.45, 2.75) is 26.3 Å². The Morgan fingerprint density at radius 2 is 2.06 bits per heavy atom. The van der Waals surface area contributed by atoms with Gasteiger partial charge in [0, 0.05) is 4.47 Å². The molecule has 168 valence electrons. The minimum Gasteiger partial charge on any atom is -0.494 e. The van der Waals surface area contributed by atoms with Crippen LogP contribution in [-0.4, -0.2) is 22.7 Å². The van der Waals surface area contributed by atoms with Crippen LogP contribution in [-0.2, 0) is 0 Å². The fourth-order valence-electron chi connectivity index (χ4n) is 3.92. The van der Waals surface area contributed by atoms with Crippen LogP contribution in [0.3, 0.4) is 0 Å².